The number of anilines is 1. The minimum atomic E-state index is -0.247. The highest BCUT2D eigenvalue weighted by Gasteiger charge is 2.17. The van der Waals surface area contributed by atoms with Gasteiger partial charge >= 0.3 is 6.03 Å². The van der Waals surface area contributed by atoms with Crippen molar-refractivity contribution in [1.82, 2.24) is 15.5 Å². The van der Waals surface area contributed by atoms with Gasteiger partial charge in [-0.2, -0.15) is 0 Å². The Kier molecular flexibility index (Phi) is 9.17. The maximum absolute atomic E-state index is 13.0. The highest BCUT2D eigenvalue weighted by Crippen LogP contribution is 2.14. The van der Waals surface area contributed by atoms with Crippen LogP contribution < -0.4 is 16.0 Å². The van der Waals surface area contributed by atoms with E-state index in [1.807, 2.05) is 29.2 Å². The number of nitrogens with zero attached hydrogens (tertiary/aromatic N) is 2. The van der Waals surface area contributed by atoms with Crippen molar-refractivity contribution in [2.45, 2.75) is 25.9 Å². The van der Waals surface area contributed by atoms with Crippen LogP contribution >= 0.6 is 24.0 Å². The number of guanidine groups is 1. The van der Waals surface area contributed by atoms with E-state index < -0.39 is 0 Å². The molecule has 0 aliphatic carbocycles. The number of hydrogen-bond donors (Lipinski definition) is 3. The van der Waals surface area contributed by atoms with Crippen molar-refractivity contribution in [1.29, 1.82) is 0 Å². The summed E-state index contributed by atoms with van der Waals surface area (Å²) in [6, 6.07) is 14.1. The summed E-state index contributed by atoms with van der Waals surface area (Å²) >= 11 is 0. The van der Waals surface area contributed by atoms with Crippen LogP contribution in [-0.4, -0.2) is 37.0 Å². The molecule has 0 bridgehead atoms. The van der Waals surface area contributed by atoms with E-state index in [-0.39, 0.29) is 35.8 Å². The third-order valence-electron chi connectivity index (χ3n) is 4.63. The summed E-state index contributed by atoms with van der Waals surface area (Å²) in [5, 5.41) is 9.40. The zero-order valence-electron chi connectivity index (χ0n) is 16.5. The lowest BCUT2D eigenvalue weighted by molar-refractivity contribution is 0.222. The molecule has 0 atom stereocenters. The number of aliphatic imine (C=N–C) groups is 1. The second-order valence-electron chi connectivity index (χ2n) is 6.73. The summed E-state index contributed by atoms with van der Waals surface area (Å²) in [5.74, 6) is 0.402. The van der Waals surface area contributed by atoms with Gasteiger partial charge < -0.3 is 20.9 Å². The Hall–Kier alpha value is -2.36. The predicted molar refractivity (Wildman–Crippen MR) is 125 cm³/mol. The Balaban J connectivity index is 0.00000300. The standard InChI is InChI=1S/C21H26FN5O.HI/c1-23-20(24-14-16-7-9-18(22)10-8-16)25-15-17-5-4-6-19(13-17)26-21(28)27-11-2-3-12-27;/h4-10,13H,2-3,11-12,14-15H2,1H3,(H,26,28)(H2,23,24,25);1H. The van der Waals surface area contributed by atoms with Gasteiger partial charge in [0.1, 0.15) is 5.82 Å². The largest absolute Gasteiger partial charge is 0.352 e. The number of likely N-dealkylation sites (tertiary alicyclic amines) is 1. The summed E-state index contributed by atoms with van der Waals surface area (Å²) in [4.78, 5) is 18.3. The predicted octanol–water partition coefficient (Wildman–Crippen LogP) is 3.94. The Labute approximate surface area is 188 Å². The van der Waals surface area contributed by atoms with E-state index in [0.29, 0.717) is 19.0 Å². The molecular weight excluding hydrogens is 484 g/mol. The zero-order chi connectivity index (χ0) is 19.8. The van der Waals surface area contributed by atoms with Gasteiger partial charge in [0.15, 0.2) is 5.96 Å². The van der Waals surface area contributed by atoms with Crippen LogP contribution in [-0.2, 0) is 13.1 Å². The first-order valence-electron chi connectivity index (χ1n) is 9.48. The van der Waals surface area contributed by atoms with Gasteiger partial charge in [-0.25, -0.2) is 9.18 Å². The second kappa shape index (κ2) is 11.6. The first-order valence-corrected chi connectivity index (χ1v) is 9.48. The number of halogens is 2. The van der Waals surface area contributed by atoms with E-state index in [0.717, 1.165) is 42.7 Å². The molecule has 29 heavy (non-hydrogen) atoms. The molecule has 1 heterocycles. The minimum absolute atomic E-state index is 0. The normalized spacial score (nSPS) is 13.6. The van der Waals surface area contributed by atoms with Crippen LogP contribution in [0.3, 0.4) is 0 Å². The van der Waals surface area contributed by atoms with E-state index >= 15 is 0 Å². The van der Waals surface area contributed by atoms with E-state index in [4.69, 9.17) is 0 Å². The maximum atomic E-state index is 13.0. The number of benzene rings is 2. The molecule has 0 radical (unpaired) electrons. The average Bonchev–Trinajstić information content (AvgIpc) is 3.25. The lowest BCUT2D eigenvalue weighted by Crippen LogP contribution is -2.36. The summed E-state index contributed by atoms with van der Waals surface area (Å²) in [6.07, 6.45) is 2.14. The van der Waals surface area contributed by atoms with E-state index in [1.54, 1.807) is 19.2 Å². The van der Waals surface area contributed by atoms with Gasteiger partial charge in [-0.05, 0) is 48.2 Å². The first kappa shape index (κ1) is 22.9. The van der Waals surface area contributed by atoms with Gasteiger partial charge in [0.25, 0.3) is 0 Å². The number of carbonyl (C=O) groups excluding carboxylic acids is 1. The average molecular weight is 511 g/mol. The molecule has 0 unspecified atom stereocenters. The van der Waals surface area contributed by atoms with Crippen molar-refractivity contribution in [3.63, 3.8) is 0 Å². The van der Waals surface area contributed by atoms with Gasteiger partial charge in [0, 0.05) is 38.9 Å². The Bertz CT molecular complexity index is 822. The van der Waals surface area contributed by atoms with Crippen LogP contribution in [0.25, 0.3) is 0 Å². The van der Waals surface area contributed by atoms with E-state index in [1.165, 1.54) is 12.1 Å². The molecule has 1 saturated heterocycles. The molecule has 6 nitrogen and oxygen atoms in total. The summed E-state index contributed by atoms with van der Waals surface area (Å²) in [5.41, 5.74) is 2.78. The quantitative estimate of drug-likeness (QED) is 0.324. The molecule has 1 aliphatic heterocycles. The Morgan fingerprint density at radius 3 is 2.34 bits per heavy atom. The number of hydrogen-bond acceptors (Lipinski definition) is 2. The molecule has 0 saturated carbocycles. The van der Waals surface area contributed by atoms with Gasteiger partial charge in [-0.1, -0.05) is 24.3 Å². The molecule has 2 aromatic carbocycles. The van der Waals surface area contributed by atoms with Crippen molar-refractivity contribution in [2.75, 3.05) is 25.5 Å². The monoisotopic (exact) mass is 511 g/mol. The third-order valence-corrected chi connectivity index (χ3v) is 4.63. The number of amides is 2. The van der Waals surface area contributed by atoms with Crippen molar-refractivity contribution < 1.29 is 9.18 Å². The second-order valence-corrected chi connectivity index (χ2v) is 6.73. The van der Waals surface area contributed by atoms with Crippen molar-refractivity contribution in [3.05, 3.63) is 65.5 Å². The molecule has 2 aromatic rings. The maximum Gasteiger partial charge on any atom is 0.321 e. The molecule has 3 N–H and O–H groups in total. The van der Waals surface area contributed by atoms with Crippen LogP contribution in [0.2, 0.25) is 0 Å². The van der Waals surface area contributed by atoms with Gasteiger partial charge in [0.2, 0.25) is 0 Å². The lowest BCUT2D eigenvalue weighted by atomic mass is 10.2. The van der Waals surface area contributed by atoms with E-state index in [9.17, 15) is 9.18 Å². The molecule has 0 spiro atoms. The fraction of sp³-hybridized carbons (Fsp3) is 0.333. The number of nitrogens with one attached hydrogen (secondary N) is 3. The van der Waals surface area contributed by atoms with Crippen molar-refractivity contribution in [2.24, 2.45) is 4.99 Å². The molecule has 156 valence electrons. The fourth-order valence-corrected chi connectivity index (χ4v) is 3.08. The fourth-order valence-electron chi connectivity index (χ4n) is 3.08. The molecule has 3 rings (SSSR count). The van der Waals surface area contributed by atoms with Crippen LogP contribution in [0.1, 0.15) is 24.0 Å². The third kappa shape index (κ3) is 7.19. The lowest BCUT2D eigenvalue weighted by Gasteiger charge is -2.17. The van der Waals surface area contributed by atoms with E-state index in [2.05, 4.69) is 20.9 Å². The highest BCUT2D eigenvalue weighted by atomic mass is 127. The van der Waals surface area contributed by atoms with Crippen LogP contribution in [0, 0.1) is 5.82 Å². The molecule has 1 aliphatic rings. The van der Waals surface area contributed by atoms with Gasteiger partial charge in [-0.15, -0.1) is 24.0 Å². The van der Waals surface area contributed by atoms with Crippen LogP contribution in [0.4, 0.5) is 14.9 Å². The van der Waals surface area contributed by atoms with Crippen molar-refractivity contribution >= 4 is 41.7 Å². The number of urea groups is 1. The highest BCUT2D eigenvalue weighted by molar-refractivity contribution is 14.0. The first-order chi connectivity index (χ1) is 13.6. The summed E-state index contributed by atoms with van der Waals surface area (Å²) in [6.45, 7) is 2.76. The van der Waals surface area contributed by atoms with Gasteiger partial charge in [0.05, 0.1) is 0 Å². The zero-order valence-corrected chi connectivity index (χ0v) is 18.8. The number of carbonyl (C=O) groups is 1. The number of rotatable bonds is 5. The molecular formula is C21H27FIN5O. The van der Waals surface area contributed by atoms with Crippen LogP contribution in [0.15, 0.2) is 53.5 Å². The topological polar surface area (TPSA) is 68.8 Å². The molecule has 2 amide bonds. The summed E-state index contributed by atoms with van der Waals surface area (Å²) < 4.78 is 13.0. The SMILES string of the molecule is CN=C(NCc1ccc(F)cc1)NCc1cccc(NC(=O)N2CCCC2)c1.I. The molecule has 0 aromatic heterocycles. The van der Waals surface area contributed by atoms with Crippen molar-refractivity contribution in [3.8, 4) is 0 Å². The van der Waals surface area contributed by atoms with Gasteiger partial charge in [-0.3, -0.25) is 4.99 Å². The van der Waals surface area contributed by atoms with Crippen LogP contribution in [0.5, 0.6) is 0 Å². The molecule has 1 fully saturated rings. The Morgan fingerprint density at radius 1 is 1.03 bits per heavy atom. The Morgan fingerprint density at radius 2 is 1.69 bits per heavy atom. The molecule has 8 heteroatoms. The minimum Gasteiger partial charge on any atom is -0.352 e. The summed E-state index contributed by atoms with van der Waals surface area (Å²) in [7, 11) is 1.70. The smallest absolute Gasteiger partial charge is 0.321 e.